The van der Waals surface area contributed by atoms with E-state index in [0.717, 1.165) is 9.13 Å². The third-order valence-corrected chi connectivity index (χ3v) is 4.16. The fraction of sp³-hybridized carbons (Fsp3) is 0.308. The van der Waals surface area contributed by atoms with Gasteiger partial charge in [-0.15, -0.1) is 0 Å². The highest BCUT2D eigenvalue weighted by molar-refractivity contribution is 14.1. The summed E-state index contributed by atoms with van der Waals surface area (Å²) < 4.78 is 0.995. The minimum absolute atomic E-state index is 0.122. The van der Waals surface area contributed by atoms with Gasteiger partial charge in [0.2, 0.25) is 11.8 Å². The molecule has 0 radical (unpaired) electrons. The molecule has 0 spiro atoms. The van der Waals surface area contributed by atoms with Crippen molar-refractivity contribution in [2.45, 2.75) is 25.4 Å². The molecular formula is C13H11IN2O3. The van der Waals surface area contributed by atoms with Crippen molar-refractivity contribution in [1.29, 1.82) is 0 Å². The summed E-state index contributed by atoms with van der Waals surface area (Å²) in [7, 11) is 0. The maximum atomic E-state index is 12.3. The standard InChI is InChI=1S/C13H11IN2O3/c14-8-2-1-7-6-16(13(19)9(7)5-8)10-3-4-11(17)15-12(10)18/h1-2,5,10H,3-4,6H2,(H,15,17,18). The Morgan fingerprint density at radius 1 is 1.26 bits per heavy atom. The van der Waals surface area contributed by atoms with E-state index in [1.54, 1.807) is 4.90 Å². The van der Waals surface area contributed by atoms with E-state index in [-0.39, 0.29) is 24.1 Å². The second-order valence-electron chi connectivity index (χ2n) is 4.70. The lowest BCUT2D eigenvalue weighted by Crippen LogP contribution is -2.52. The molecule has 1 saturated heterocycles. The quantitative estimate of drug-likeness (QED) is 0.594. The van der Waals surface area contributed by atoms with Gasteiger partial charge in [-0.1, -0.05) is 6.07 Å². The molecule has 3 amide bonds. The van der Waals surface area contributed by atoms with Crippen LogP contribution < -0.4 is 5.32 Å². The molecule has 0 saturated carbocycles. The van der Waals surface area contributed by atoms with E-state index in [1.807, 2.05) is 18.2 Å². The van der Waals surface area contributed by atoms with Crippen molar-refractivity contribution < 1.29 is 14.4 Å². The molecule has 98 valence electrons. The molecule has 0 bridgehead atoms. The maximum absolute atomic E-state index is 12.3. The largest absolute Gasteiger partial charge is 0.322 e. The van der Waals surface area contributed by atoms with E-state index in [0.29, 0.717) is 18.5 Å². The predicted octanol–water partition coefficient (Wildman–Crippen LogP) is 1.05. The molecule has 1 aromatic carbocycles. The molecule has 1 unspecified atom stereocenters. The van der Waals surface area contributed by atoms with Crippen molar-refractivity contribution in [2.24, 2.45) is 0 Å². The van der Waals surface area contributed by atoms with Gasteiger partial charge in [-0.05, 0) is 46.7 Å². The van der Waals surface area contributed by atoms with Crippen LogP contribution in [0.5, 0.6) is 0 Å². The minimum Gasteiger partial charge on any atom is -0.322 e. The summed E-state index contributed by atoms with van der Waals surface area (Å²) in [5.41, 5.74) is 1.60. The van der Waals surface area contributed by atoms with Gasteiger partial charge in [0.25, 0.3) is 5.91 Å². The van der Waals surface area contributed by atoms with E-state index < -0.39 is 6.04 Å². The number of halogens is 1. The Hall–Kier alpha value is -1.44. The van der Waals surface area contributed by atoms with Crippen LogP contribution in [-0.4, -0.2) is 28.7 Å². The second-order valence-corrected chi connectivity index (χ2v) is 5.95. The van der Waals surface area contributed by atoms with E-state index >= 15 is 0 Å². The van der Waals surface area contributed by atoms with Gasteiger partial charge < -0.3 is 4.90 Å². The third-order valence-electron chi connectivity index (χ3n) is 3.49. The molecule has 1 N–H and O–H groups in total. The minimum atomic E-state index is -0.532. The Kier molecular flexibility index (Phi) is 3.04. The zero-order valence-corrected chi connectivity index (χ0v) is 12.1. The normalized spacial score (nSPS) is 22.5. The molecule has 1 atom stereocenters. The Balaban J connectivity index is 1.88. The number of amides is 3. The van der Waals surface area contributed by atoms with Crippen LogP contribution in [0.4, 0.5) is 0 Å². The van der Waals surface area contributed by atoms with E-state index in [9.17, 15) is 14.4 Å². The van der Waals surface area contributed by atoms with Gasteiger partial charge >= 0.3 is 0 Å². The monoisotopic (exact) mass is 370 g/mol. The molecule has 1 fully saturated rings. The van der Waals surface area contributed by atoms with Crippen LogP contribution in [0.3, 0.4) is 0 Å². The summed E-state index contributed by atoms with van der Waals surface area (Å²) in [6, 6.07) is 5.17. The molecule has 2 aliphatic rings. The van der Waals surface area contributed by atoms with Crippen LogP contribution in [0, 0.1) is 3.57 Å². The van der Waals surface area contributed by atoms with E-state index in [1.165, 1.54) is 0 Å². The lowest BCUT2D eigenvalue weighted by Gasteiger charge is -2.29. The van der Waals surface area contributed by atoms with Crippen molar-refractivity contribution in [2.75, 3.05) is 0 Å². The van der Waals surface area contributed by atoms with Gasteiger partial charge in [0, 0.05) is 22.1 Å². The average Bonchev–Trinajstić information content (AvgIpc) is 2.67. The van der Waals surface area contributed by atoms with Gasteiger partial charge in [-0.25, -0.2) is 0 Å². The summed E-state index contributed by atoms with van der Waals surface area (Å²) in [5.74, 6) is -0.755. The predicted molar refractivity (Wildman–Crippen MR) is 75.2 cm³/mol. The number of imide groups is 1. The first-order valence-corrected chi connectivity index (χ1v) is 7.07. The number of hydrogen-bond acceptors (Lipinski definition) is 3. The number of carbonyl (C=O) groups is 3. The maximum Gasteiger partial charge on any atom is 0.255 e. The number of hydrogen-bond donors (Lipinski definition) is 1. The highest BCUT2D eigenvalue weighted by atomic mass is 127. The zero-order chi connectivity index (χ0) is 13.6. The first-order valence-electron chi connectivity index (χ1n) is 5.99. The lowest BCUT2D eigenvalue weighted by atomic mass is 10.0. The summed E-state index contributed by atoms with van der Waals surface area (Å²) in [6.07, 6.45) is 0.690. The van der Waals surface area contributed by atoms with Crippen molar-refractivity contribution in [3.8, 4) is 0 Å². The number of fused-ring (bicyclic) bond motifs is 1. The Bertz CT molecular complexity index is 600. The van der Waals surface area contributed by atoms with Gasteiger partial charge in [0.1, 0.15) is 6.04 Å². The molecule has 2 heterocycles. The molecular weight excluding hydrogens is 359 g/mol. The van der Waals surface area contributed by atoms with Crippen LogP contribution in [0.15, 0.2) is 18.2 Å². The molecule has 19 heavy (non-hydrogen) atoms. The number of rotatable bonds is 1. The fourth-order valence-corrected chi connectivity index (χ4v) is 3.02. The first-order chi connectivity index (χ1) is 9.06. The van der Waals surface area contributed by atoms with Gasteiger partial charge in [-0.2, -0.15) is 0 Å². The summed E-state index contributed by atoms with van der Waals surface area (Å²) in [6.45, 7) is 0.442. The van der Waals surface area contributed by atoms with Crippen LogP contribution in [0.1, 0.15) is 28.8 Å². The Labute approximate surface area is 123 Å². The molecule has 2 aliphatic heterocycles. The number of piperidine rings is 1. The van der Waals surface area contributed by atoms with Crippen molar-refractivity contribution in [1.82, 2.24) is 10.2 Å². The smallest absolute Gasteiger partial charge is 0.255 e. The van der Waals surface area contributed by atoms with Crippen molar-refractivity contribution in [3.63, 3.8) is 0 Å². The number of benzene rings is 1. The Morgan fingerprint density at radius 3 is 2.79 bits per heavy atom. The molecule has 0 aliphatic carbocycles. The van der Waals surface area contributed by atoms with E-state index in [2.05, 4.69) is 27.9 Å². The van der Waals surface area contributed by atoms with E-state index in [4.69, 9.17) is 0 Å². The van der Waals surface area contributed by atoms with Crippen molar-refractivity contribution in [3.05, 3.63) is 32.9 Å². The summed E-state index contributed by atoms with van der Waals surface area (Å²) >= 11 is 2.16. The van der Waals surface area contributed by atoms with Crippen LogP contribution >= 0.6 is 22.6 Å². The fourth-order valence-electron chi connectivity index (χ4n) is 2.53. The lowest BCUT2D eigenvalue weighted by molar-refractivity contribution is -0.136. The number of nitrogens with one attached hydrogen (secondary N) is 1. The van der Waals surface area contributed by atoms with Crippen LogP contribution in [0.25, 0.3) is 0 Å². The third kappa shape index (κ3) is 2.13. The first kappa shape index (κ1) is 12.6. The Morgan fingerprint density at radius 2 is 2.05 bits per heavy atom. The molecule has 1 aromatic rings. The zero-order valence-electron chi connectivity index (χ0n) is 9.98. The molecule has 6 heteroatoms. The summed E-state index contributed by atoms with van der Waals surface area (Å²) in [4.78, 5) is 36.9. The van der Waals surface area contributed by atoms with Gasteiger partial charge in [0.15, 0.2) is 0 Å². The molecule has 3 rings (SSSR count). The average molecular weight is 370 g/mol. The summed E-state index contributed by atoms with van der Waals surface area (Å²) in [5, 5.41) is 2.29. The highest BCUT2D eigenvalue weighted by Crippen LogP contribution is 2.28. The van der Waals surface area contributed by atoms with Crippen LogP contribution in [-0.2, 0) is 16.1 Å². The van der Waals surface area contributed by atoms with Gasteiger partial charge in [0.05, 0.1) is 0 Å². The molecule has 5 nitrogen and oxygen atoms in total. The van der Waals surface area contributed by atoms with Gasteiger partial charge in [-0.3, -0.25) is 19.7 Å². The van der Waals surface area contributed by atoms with Crippen LogP contribution in [0.2, 0.25) is 0 Å². The second kappa shape index (κ2) is 4.59. The SMILES string of the molecule is O=C1CCC(N2Cc3ccc(I)cc3C2=O)C(=O)N1. The highest BCUT2D eigenvalue weighted by Gasteiger charge is 2.38. The number of carbonyl (C=O) groups excluding carboxylic acids is 3. The molecule has 0 aromatic heterocycles. The number of nitrogens with zero attached hydrogens (tertiary/aromatic N) is 1. The van der Waals surface area contributed by atoms with Crippen molar-refractivity contribution >= 4 is 40.3 Å². The topological polar surface area (TPSA) is 66.5 Å².